The third-order valence-electron chi connectivity index (χ3n) is 3.67. The number of aliphatic hydroxyl groups is 1. The third-order valence-corrected chi connectivity index (χ3v) is 3.90. The molecule has 25 heavy (non-hydrogen) atoms. The van der Waals surface area contributed by atoms with E-state index >= 15 is 0 Å². The van der Waals surface area contributed by atoms with Crippen molar-refractivity contribution >= 4 is 17.3 Å². The first kappa shape index (κ1) is 17.0. The van der Waals surface area contributed by atoms with E-state index in [0.29, 0.717) is 22.1 Å². The van der Waals surface area contributed by atoms with Gasteiger partial charge in [-0.3, -0.25) is 10.1 Å². The van der Waals surface area contributed by atoms with E-state index in [2.05, 4.69) is 0 Å². The van der Waals surface area contributed by atoms with Gasteiger partial charge >= 0.3 is 0 Å². The first-order chi connectivity index (χ1) is 12.1. The van der Waals surface area contributed by atoms with E-state index in [-0.39, 0.29) is 11.3 Å². The number of rotatable bonds is 5. The summed E-state index contributed by atoms with van der Waals surface area (Å²) in [7, 11) is 0. The van der Waals surface area contributed by atoms with Crippen LogP contribution in [0.25, 0.3) is 0 Å². The lowest BCUT2D eigenvalue weighted by molar-refractivity contribution is -0.386. The molecule has 0 saturated heterocycles. The minimum absolute atomic E-state index is 0.113. The van der Waals surface area contributed by atoms with Crippen LogP contribution < -0.4 is 4.74 Å². The Morgan fingerprint density at radius 2 is 1.64 bits per heavy atom. The minimum atomic E-state index is -1.25. The van der Waals surface area contributed by atoms with Gasteiger partial charge in [-0.2, -0.15) is 0 Å². The van der Waals surface area contributed by atoms with Gasteiger partial charge in [0.05, 0.1) is 10.5 Å². The molecule has 3 aromatic rings. The summed E-state index contributed by atoms with van der Waals surface area (Å²) >= 11 is 5.96. The van der Waals surface area contributed by atoms with E-state index in [9.17, 15) is 15.2 Å². The number of benzene rings is 3. The van der Waals surface area contributed by atoms with Crippen LogP contribution in [0.1, 0.15) is 17.2 Å². The molecule has 0 aliphatic carbocycles. The summed E-state index contributed by atoms with van der Waals surface area (Å²) in [4.78, 5) is 10.7. The van der Waals surface area contributed by atoms with E-state index in [4.69, 9.17) is 16.3 Å². The highest BCUT2D eigenvalue weighted by atomic mass is 35.5. The molecule has 0 fully saturated rings. The van der Waals surface area contributed by atoms with E-state index < -0.39 is 11.0 Å². The van der Waals surface area contributed by atoms with Crippen LogP contribution in [0.3, 0.4) is 0 Å². The zero-order valence-corrected chi connectivity index (χ0v) is 13.8. The highest BCUT2D eigenvalue weighted by Crippen LogP contribution is 2.37. The topological polar surface area (TPSA) is 72.6 Å². The maximum absolute atomic E-state index is 11.3. The Bertz CT molecular complexity index is 899. The number of halogens is 1. The molecule has 0 radical (unpaired) electrons. The normalized spacial score (nSPS) is 11.8. The second kappa shape index (κ2) is 7.34. The van der Waals surface area contributed by atoms with Crippen molar-refractivity contribution in [2.45, 2.75) is 6.10 Å². The van der Waals surface area contributed by atoms with Crippen molar-refractivity contribution in [2.75, 3.05) is 0 Å². The molecule has 0 amide bonds. The third kappa shape index (κ3) is 3.79. The molecule has 0 saturated carbocycles. The second-order valence-corrected chi connectivity index (χ2v) is 5.75. The van der Waals surface area contributed by atoms with Crippen molar-refractivity contribution in [3.8, 4) is 11.5 Å². The number of hydrogen-bond acceptors (Lipinski definition) is 4. The molecule has 3 aromatic carbocycles. The summed E-state index contributed by atoms with van der Waals surface area (Å²) in [6.45, 7) is 0. The first-order valence-corrected chi connectivity index (χ1v) is 7.88. The second-order valence-electron chi connectivity index (χ2n) is 5.32. The van der Waals surface area contributed by atoms with Gasteiger partial charge in [-0.25, -0.2) is 0 Å². The Labute approximate surface area is 149 Å². The molecule has 126 valence electrons. The molecule has 5 nitrogen and oxygen atoms in total. The van der Waals surface area contributed by atoms with Gasteiger partial charge < -0.3 is 9.84 Å². The number of hydrogen-bond donors (Lipinski definition) is 1. The van der Waals surface area contributed by atoms with Crippen LogP contribution in [0.4, 0.5) is 5.69 Å². The van der Waals surface area contributed by atoms with Crippen molar-refractivity contribution in [1.29, 1.82) is 0 Å². The van der Waals surface area contributed by atoms with E-state index in [1.54, 1.807) is 36.4 Å². The SMILES string of the molecule is O=[N+]([O-])c1ccc(Cl)cc1C(O)c1ccccc1Oc1ccccc1. The molecule has 3 rings (SSSR count). The average molecular weight is 356 g/mol. The van der Waals surface area contributed by atoms with Crippen molar-refractivity contribution in [1.82, 2.24) is 0 Å². The van der Waals surface area contributed by atoms with Gasteiger partial charge in [0.1, 0.15) is 17.6 Å². The molecule has 1 N–H and O–H groups in total. The molecule has 0 aliphatic rings. The van der Waals surface area contributed by atoms with Gasteiger partial charge in [0.25, 0.3) is 5.69 Å². The number of aliphatic hydroxyl groups excluding tert-OH is 1. The van der Waals surface area contributed by atoms with Gasteiger partial charge in [0.15, 0.2) is 0 Å². The standard InChI is InChI=1S/C19H14ClNO4/c20-13-10-11-17(21(23)24)16(12-13)19(22)15-8-4-5-9-18(15)25-14-6-2-1-3-7-14/h1-12,19,22H. The smallest absolute Gasteiger partial charge is 0.275 e. The Morgan fingerprint density at radius 1 is 0.960 bits per heavy atom. The Morgan fingerprint density at radius 3 is 2.36 bits per heavy atom. The zero-order chi connectivity index (χ0) is 17.8. The summed E-state index contributed by atoms with van der Waals surface area (Å²) < 4.78 is 5.82. The van der Waals surface area contributed by atoms with Crippen LogP contribution in [0.5, 0.6) is 11.5 Å². The maximum Gasteiger partial charge on any atom is 0.275 e. The van der Waals surface area contributed by atoms with E-state index in [0.717, 1.165) is 0 Å². The van der Waals surface area contributed by atoms with Gasteiger partial charge in [-0.05, 0) is 30.3 Å². The predicted octanol–water partition coefficient (Wildman–Crippen LogP) is 5.12. The minimum Gasteiger partial charge on any atom is -0.457 e. The van der Waals surface area contributed by atoms with Gasteiger partial charge in [-0.15, -0.1) is 0 Å². The number of nitrogens with zero attached hydrogens (tertiary/aromatic N) is 1. The molecule has 6 heteroatoms. The molecule has 0 aliphatic heterocycles. The monoisotopic (exact) mass is 355 g/mol. The summed E-state index contributed by atoms with van der Waals surface area (Å²) in [5.74, 6) is 1.01. The zero-order valence-electron chi connectivity index (χ0n) is 13.0. The summed E-state index contributed by atoms with van der Waals surface area (Å²) in [5, 5.41) is 22.3. The van der Waals surface area contributed by atoms with Gasteiger partial charge in [-0.1, -0.05) is 48.0 Å². The van der Waals surface area contributed by atoms with E-state index in [1.165, 1.54) is 18.2 Å². The van der Waals surface area contributed by atoms with Crippen LogP contribution in [0.15, 0.2) is 72.8 Å². The lowest BCUT2D eigenvalue weighted by Gasteiger charge is -2.16. The van der Waals surface area contributed by atoms with Crippen LogP contribution in [-0.2, 0) is 0 Å². The molecule has 0 aromatic heterocycles. The fraction of sp³-hybridized carbons (Fsp3) is 0.0526. The Balaban J connectivity index is 2.03. The molecular formula is C19H14ClNO4. The molecule has 1 atom stereocenters. The van der Waals surface area contributed by atoms with Crippen LogP contribution >= 0.6 is 11.6 Å². The summed E-state index contributed by atoms with van der Waals surface area (Å²) in [6, 6.07) is 20.0. The molecule has 0 spiro atoms. The average Bonchev–Trinajstić information content (AvgIpc) is 2.62. The van der Waals surface area contributed by atoms with Crippen LogP contribution in [0, 0.1) is 10.1 Å². The first-order valence-electron chi connectivity index (χ1n) is 7.50. The highest BCUT2D eigenvalue weighted by Gasteiger charge is 2.24. The lowest BCUT2D eigenvalue weighted by Crippen LogP contribution is -2.05. The van der Waals surface area contributed by atoms with Gasteiger partial charge in [0, 0.05) is 16.7 Å². The molecule has 0 bridgehead atoms. The number of nitro groups is 1. The van der Waals surface area contributed by atoms with Crippen molar-refractivity contribution in [2.24, 2.45) is 0 Å². The quantitative estimate of drug-likeness (QED) is 0.509. The fourth-order valence-corrected chi connectivity index (χ4v) is 2.67. The highest BCUT2D eigenvalue weighted by molar-refractivity contribution is 6.30. The fourth-order valence-electron chi connectivity index (χ4n) is 2.49. The molecular weight excluding hydrogens is 342 g/mol. The summed E-state index contributed by atoms with van der Waals surface area (Å²) in [5.41, 5.74) is 0.324. The Hall–Kier alpha value is -2.89. The largest absolute Gasteiger partial charge is 0.457 e. The van der Waals surface area contributed by atoms with Crippen molar-refractivity contribution < 1.29 is 14.8 Å². The van der Waals surface area contributed by atoms with Gasteiger partial charge in [0.2, 0.25) is 0 Å². The Kier molecular flexibility index (Phi) is 4.97. The van der Waals surface area contributed by atoms with Crippen molar-refractivity contribution in [3.63, 3.8) is 0 Å². The van der Waals surface area contributed by atoms with Crippen LogP contribution in [-0.4, -0.2) is 10.0 Å². The predicted molar refractivity (Wildman–Crippen MR) is 95.1 cm³/mol. The summed E-state index contributed by atoms with van der Waals surface area (Å²) in [6.07, 6.45) is -1.25. The lowest BCUT2D eigenvalue weighted by atomic mass is 9.99. The molecule has 1 unspecified atom stereocenters. The number of para-hydroxylation sites is 2. The van der Waals surface area contributed by atoms with E-state index in [1.807, 2.05) is 18.2 Å². The molecule has 0 heterocycles. The maximum atomic E-state index is 11.3. The van der Waals surface area contributed by atoms with Crippen molar-refractivity contribution in [3.05, 3.63) is 99.1 Å². The number of ether oxygens (including phenoxy) is 1. The van der Waals surface area contributed by atoms with Crippen LogP contribution in [0.2, 0.25) is 5.02 Å². The number of nitro benzene ring substituents is 1.